The first-order valence-electron chi connectivity index (χ1n) is 3.91. The summed E-state index contributed by atoms with van der Waals surface area (Å²) in [6, 6.07) is 6.19. The Morgan fingerprint density at radius 1 is 1.33 bits per heavy atom. The minimum absolute atomic E-state index is 0.586. The van der Waals surface area contributed by atoms with Crippen molar-refractivity contribution in [3.8, 4) is 0 Å². The first-order chi connectivity index (χ1) is 5.70. The van der Waals surface area contributed by atoms with Crippen molar-refractivity contribution in [2.45, 2.75) is 13.0 Å². The van der Waals surface area contributed by atoms with Crippen molar-refractivity contribution >= 4 is 28.9 Å². The van der Waals surface area contributed by atoms with Crippen molar-refractivity contribution in [2.75, 3.05) is 11.4 Å². The van der Waals surface area contributed by atoms with Gasteiger partial charge in [0.15, 0.2) is 0 Å². The van der Waals surface area contributed by atoms with Gasteiger partial charge in [-0.1, -0.05) is 29.3 Å². The quantitative estimate of drug-likeness (QED) is 0.632. The third kappa shape index (κ3) is 1.27. The Labute approximate surface area is 81.9 Å². The van der Waals surface area contributed by atoms with Crippen LogP contribution in [0.2, 0.25) is 10.0 Å². The topological polar surface area (TPSA) is 3.01 Å². The molecule has 0 bridgehead atoms. The molecule has 0 spiro atoms. The molecule has 1 nitrogen and oxygen atoms in total. The Hall–Kier alpha value is -0.400. The van der Waals surface area contributed by atoms with Gasteiger partial charge in [-0.2, -0.15) is 0 Å². The average Bonchev–Trinajstić information content (AvgIpc) is 2.67. The molecule has 2 rings (SSSR count). The van der Waals surface area contributed by atoms with Crippen molar-refractivity contribution < 1.29 is 0 Å². The van der Waals surface area contributed by atoms with Crippen molar-refractivity contribution in [2.24, 2.45) is 0 Å². The van der Waals surface area contributed by atoms with E-state index >= 15 is 0 Å². The van der Waals surface area contributed by atoms with Gasteiger partial charge in [0, 0.05) is 12.6 Å². The molecule has 1 aromatic rings. The van der Waals surface area contributed by atoms with Gasteiger partial charge in [-0.3, -0.25) is 0 Å². The summed E-state index contributed by atoms with van der Waals surface area (Å²) >= 11 is 12.0. The molecule has 1 aromatic carbocycles. The van der Waals surface area contributed by atoms with Gasteiger partial charge in [-0.25, -0.2) is 0 Å². The average molecular weight is 202 g/mol. The van der Waals surface area contributed by atoms with Gasteiger partial charge in [-0.05, 0) is 19.1 Å². The highest BCUT2D eigenvalue weighted by atomic mass is 35.5. The van der Waals surface area contributed by atoms with E-state index in [1.807, 2.05) is 18.2 Å². The van der Waals surface area contributed by atoms with E-state index in [2.05, 4.69) is 11.8 Å². The summed E-state index contributed by atoms with van der Waals surface area (Å²) in [5.74, 6) is 0. The van der Waals surface area contributed by atoms with Crippen LogP contribution in [0.25, 0.3) is 0 Å². The molecule has 1 aliphatic heterocycles. The highest BCUT2D eigenvalue weighted by Crippen LogP contribution is 2.39. The lowest BCUT2D eigenvalue weighted by Crippen LogP contribution is -1.96. The Kier molecular flexibility index (Phi) is 1.93. The fourth-order valence-corrected chi connectivity index (χ4v) is 1.93. The molecule has 1 aliphatic rings. The van der Waals surface area contributed by atoms with E-state index < -0.39 is 0 Å². The van der Waals surface area contributed by atoms with Gasteiger partial charge in [0.05, 0.1) is 15.7 Å². The third-order valence-corrected chi connectivity index (χ3v) is 2.69. The molecule has 0 aliphatic carbocycles. The largest absolute Gasteiger partial charge is 0.363 e. The zero-order chi connectivity index (χ0) is 8.72. The molecule has 1 unspecified atom stereocenters. The van der Waals surface area contributed by atoms with Crippen LogP contribution < -0.4 is 4.90 Å². The molecule has 1 heterocycles. The van der Waals surface area contributed by atoms with Gasteiger partial charge in [0.2, 0.25) is 0 Å². The Balaban J connectivity index is 2.41. The molecule has 1 saturated heterocycles. The molecule has 0 aromatic heterocycles. The van der Waals surface area contributed by atoms with Crippen LogP contribution >= 0.6 is 23.2 Å². The standard InChI is InChI=1S/C9H9Cl2N/c1-6-5-12(6)9-7(10)3-2-4-8(9)11/h2-4,6H,5H2,1H3. The molecule has 0 radical (unpaired) electrons. The van der Waals surface area contributed by atoms with Gasteiger partial charge < -0.3 is 4.90 Å². The summed E-state index contributed by atoms with van der Waals surface area (Å²) in [6.07, 6.45) is 0. The Morgan fingerprint density at radius 3 is 2.25 bits per heavy atom. The molecule has 0 saturated carbocycles. The lowest BCUT2D eigenvalue weighted by molar-refractivity contribution is 1.14. The number of hydrogen-bond acceptors (Lipinski definition) is 1. The molecule has 12 heavy (non-hydrogen) atoms. The lowest BCUT2D eigenvalue weighted by atomic mass is 10.3. The maximum absolute atomic E-state index is 6.00. The van der Waals surface area contributed by atoms with Crippen molar-refractivity contribution in [3.63, 3.8) is 0 Å². The Bertz CT molecular complexity index is 291. The second kappa shape index (κ2) is 2.82. The van der Waals surface area contributed by atoms with Crippen LogP contribution in [0.5, 0.6) is 0 Å². The van der Waals surface area contributed by atoms with E-state index in [4.69, 9.17) is 23.2 Å². The summed E-state index contributed by atoms with van der Waals surface area (Å²) in [4.78, 5) is 2.19. The van der Waals surface area contributed by atoms with Crippen LogP contribution in [0.3, 0.4) is 0 Å². The number of anilines is 1. The maximum Gasteiger partial charge on any atom is 0.0748 e. The van der Waals surface area contributed by atoms with Crippen LogP contribution in [0.15, 0.2) is 18.2 Å². The van der Waals surface area contributed by atoms with E-state index in [1.165, 1.54) is 0 Å². The van der Waals surface area contributed by atoms with Crippen molar-refractivity contribution in [3.05, 3.63) is 28.2 Å². The number of rotatable bonds is 1. The van der Waals surface area contributed by atoms with Gasteiger partial charge in [0.1, 0.15) is 0 Å². The Morgan fingerprint density at radius 2 is 1.83 bits per heavy atom. The van der Waals surface area contributed by atoms with E-state index in [0.29, 0.717) is 6.04 Å². The van der Waals surface area contributed by atoms with E-state index in [0.717, 1.165) is 22.3 Å². The molecule has 1 fully saturated rings. The first kappa shape index (κ1) is 8.21. The van der Waals surface area contributed by atoms with Crippen LogP contribution in [-0.4, -0.2) is 12.6 Å². The van der Waals surface area contributed by atoms with Crippen molar-refractivity contribution in [1.29, 1.82) is 0 Å². The molecule has 3 heteroatoms. The zero-order valence-electron chi connectivity index (χ0n) is 6.72. The molecule has 1 atom stereocenters. The number of hydrogen-bond donors (Lipinski definition) is 0. The molecule has 0 N–H and O–H groups in total. The normalized spacial score (nSPS) is 21.2. The van der Waals surface area contributed by atoms with E-state index in [9.17, 15) is 0 Å². The predicted molar refractivity (Wildman–Crippen MR) is 53.3 cm³/mol. The number of halogens is 2. The van der Waals surface area contributed by atoms with Crippen LogP contribution in [-0.2, 0) is 0 Å². The van der Waals surface area contributed by atoms with Crippen LogP contribution in [0.1, 0.15) is 6.92 Å². The smallest absolute Gasteiger partial charge is 0.0748 e. The SMILES string of the molecule is CC1CN1c1c(Cl)cccc1Cl. The third-order valence-electron chi connectivity index (χ3n) is 2.08. The second-order valence-corrected chi connectivity index (χ2v) is 3.89. The zero-order valence-corrected chi connectivity index (χ0v) is 8.23. The summed E-state index contributed by atoms with van der Waals surface area (Å²) in [5.41, 5.74) is 0.980. The highest BCUT2D eigenvalue weighted by Gasteiger charge is 2.32. The minimum Gasteiger partial charge on any atom is -0.363 e. The van der Waals surface area contributed by atoms with Gasteiger partial charge in [-0.15, -0.1) is 0 Å². The summed E-state index contributed by atoms with van der Waals surface area (Å²) in [5, 5.41) is 1.48. The van der Waals surface area contributed by atoms with E-state index in [-0.39, 0.29) is 0 Å². The number of para-hydroxylation sites is 1. The molecular formula is C9H9Cl2N. The fourth-order valence-electron chi connectivity index (χ4n) is 1.31. The lowest BCUT2D eigenvalue weighted by Gasteiger charge is -2.08. The number of benzene rings is 1. The summed E-state index contributed by atoms with van der Waals surface area (Å²) < 4.78 is 0. The summed E-state index contributed by atoms with van der Waals surface area (Å²) in [6.45, 7) is 3.21. The summed E-state index contributed by atoms with van der Waals surface area (Å²) in [7, 11) is 0. The van der Waals surface area contributed by atoms with Crippen LogP contribution in [0, 0.1) is 0 Å². The first-order valence-corrected chi connectivity index (χ1v) is 4.66. The van der Waals surface area contributed by atoms with Crippen molar-refractivity contribution in [1.82, 2.24) is 0 Å². The second-order valence-electron chi connectivity index (χ2n) is 3.07. The predicted octanol–water partition coefficient (Wildman–Crippen LogP) is 3.20. The number of nitrogens with zero attached hydrogens (tertiary/aromatic N) is 1. The maximum atomic E-state index is 6.00. The van der Waals surface area contributed by atoms with Crippen LogP contribution in [0.4, 0.5) is 5.69 Å². The minimum atomic E-state index is 0.586. The fraction of sp³-hybridized carbons (Fsp3) is 0.333. The molecular weight excluding hydrogens is 193 g/mol. The molecule has 64 valence electrons. The highest BCUT2D eigenvalue weighted by molar-refractivity contribution is 6.39. The van der Waals surface area contributed by atoms with E-state index in [1.54, 1.807) is 0 Å². The van der Waals surface area contributed by atoms with Gasteiger partial charge >= 0.3 is 0 Å². The molecule has 0 amide bonds. The van der Waals surface area contributed by atoms with Gasteiger partial charge in [0.25, 0.3) is 0 Å². The monoisotopic (exact) mass is 201 g/mol.